The number of carbonyl (C=O) groups is 1. The van der Waals surface area contributed by atoms with Crippen LogP contribution in [0.5, 0.6) is 0 Å². The molecule has 5 rings (SSSR count). The molecule has 2 atom stereocenters. The van der Waals surface area contributed by atoms with E-state index in [1.807, 2.05) is 31.3 Å². The molecular weight excluding hydrogens is 448 g/mol. The minimum absolute atomic E-state index is 0.0401. The number of carbonyl (C=O) groups excluding carboxylic acids is 1. The van der Waals surface area contributed by atoms with Gasteiger partial charge in [-0.3, -0.25) is 9.78 Å². The zero-order valence-corrected chi connectivity index (χ0v) is 21.2. The molecule has 0 fully saturated rings. The summed E-state index contributed by atoms with van der Waals surface area (Å²) in [5.74, 6) is 0.187. The number of anilines is 1. The van der Waals surface area contributed by atoms with Gasteiger partial charge in [0.2, 0.25) is 5.91 Å². The number of ether oxygens (including phenoxy) is 1. The third kappa shape index (κ3) is 5.00. The number of amides is 1. The lowest BCUT2D eigenvalue weighted by molar-refractivity contribution is -0.124. The second-order valence-electron chi connectivity index (χ2n) is 9.98. The van der Waals surface area contributed by atoms with Gasteiger partial charge in [0, 0.05) is 37.1 Å². The Bertz CT molecular complexity index is 1320. The fourth-order valence-corrected chi connectivity index (χ4v) is 5.35. The van der Waals surface area contributed by atoms with Crippen LogP contribution in [0.2, 0.25) is 0 Å². The van der Waals surface area contributed by atoms with Crippen LogP contribution in [-0.4, -0.2) is 41.2 Å². The van der Waals surface area contributed by atoms with E-state index in [1.54, 1.807) is 6.20 Å². The normalized spacial score (nSPS) is 18.1. The Kier molecular flexibility index (Phi) is 7.05. The van der Waals surface area contributed by atoms with Crippen LogP contribution in [0.1, 0.15) is 30.7 Å². The van der Waals surface area contributed by atoms with Gasteiger partial charge in [0.15, 0.2) is 0 Å². The first kappa shape index (κ1) is 24.1. The Labute approximate surface area is 212 Å². The molecule has 36 heavy (non-hydrogen) atoms. The van der Waals surface area contributed by atoms with Crippen LogP contribution >= 0.6 is 0 Å². The van der Waals surface area contributed by atoms with Crippen molar-refractivity contribution in [1.82, 2.24) is 14.9 Å². The molecule has 1 amide bonds. The molecule has 0 radical (unpaired) electrons. The second-order valence-corrected chi connectivity index (χ2v) is 9.98. The van der Waals surface area contributed by atoms with Gasteiger partial charge >= 0.3 is 0 Å². The average Bonchev–Trinajstić information content (AvgIpc) is 3.23. The van der Waals surface area contributed by atoms with Crippen molar-refractivity contribution in [3.8, 4) is 0 Å². The molecular formula is C30H34N4O2. The lowest BCUT2D eigenvalue weighted by atomic mass is 10.0. The highest BCUT2D eigenvalue weighted by Crippen LogP contribution is 2.35. The fourth-order valence-electron chi connectivity index (χ4n) is 5.35. The van der Waals surface area contributed by atoms with Crippen molar-refractivity contribution in [3.63, 3.8) is 0 Å². The molecule has 6 nitrogen and oxygen atoms in total. The third-order valence-electron chi connectivity index (χ3n) is 6.96. The molecule has 0 spiro atoms. The summed E-state index contributed by atoms with van der Waals surface area (Å²) >= 11 is 0. The summed E-state index contributed by atoms with van der Waals surface area (Å²) in [6, 6.07) is 22.3. The van der Waals surface area contributed by atoms with Gasteiger partial charge in [-0.25, -0.2) is 0 Å². The lowest BCUT2D eigenvalue weighted by Gasteiger charge is -2.32. The Balaban J connectivity index is 1.52. The van der Waals surface area contributed by atoms with Crippen LogP contribution in [0.4, 0.5) is 5.69 Å². The van der Waals surface area contributed by atoms with Crippen molar-refractivity contribution >= 4 is 22.5 Å². The highest BCUT2D eigenvalue weighted by Gasteiger charge is 2.32. The predicted octanol–water partition coefficient (Wildman–Crippen LogP) is 4.80. The van der Waals surface area contributed by atoms with Gasteiger partial charge in [0.25, 0.3) is 0 Å². The number of hydrogen-bond acceptors (Lipinski definition) is 4. The number of pyridine rings is 1. The number of hydrogen-bond donors (Lipinski definition) is 1. The van der Waals surface area contributed by atoms with Crippen molar-refractivity contribution in [2.24, 2.45) is 5.92 Å². The Morgan fingerprint density at radius 3 is 2.61 bits per heavy atom. The number of rotatable bonds is 7. The third-order valence-corrected chi connectivity index (χ3v) is 6.96. The second kappa shape index (κ2) is 10.5. The van der Waals surface area contributed by atoms with E-state index >= 15 is 0 Å². The standard InChI is InChI=1S/C30H34N4O2/c1-21(2)29-30(35)32-25(20-36-19-24-12-7-8-15-31-24)16-23-18-34(17-22-10-5-4-6-11-22)27-14-9-13-26(28(23)27)33(29)3/h4-15,18,21,25,29H,16-17,19-20H2,1-3H3,(H,32,35)/t25-,29-/m0/s1. The molecule has 0 aliphatic carbocycles. The predicted molar refractivity (Wildman–Crippen MR) is 144 cm³/mol. The topological polar surface area (TPSA) is 59.4 Å². The van der Waals surface area contributed by atoms with E-state index in [-0.39, 0.29) is 23.9 Å². The first-order valence-corrected chi connectivity index (χ1v) is 12.7. The summed E-state index contributed by atoms with van der Waals surface area (Å²) in [4.78, 5) is 20.0. The van der Waals surface area contributed by atoms with E-state index < -0.39 is 0 Å². The Hall–Kier alpha value is -3.64. The maximum absolute atomic E-state index is 13.5. The van der Waals surface area contributed by atoms with E-state index in [0.717, 1.165) is 17.9 Å². The van der Waals surface area contributed by atoms with E-state index in [0.29, 0.717) is 19.6 Å². The van der Waals surface area contributed by atoms with E-state index in [4.69, 9.17) is 4.74 Å². The summed E-state index contributed by atoms with van der Waals surface area (Å²) in [7, 11) is 2.04. The van der Waals surface area contributed by atoms with E-state index in [1.165, 1.54) is 22.0 Å². The van der Waals surface area contributed by atoms with Gasteiger partial charge in [-0.1, -0.05) is 56.3 Å². The molecule has 3 heterocycles. The van der Waals surface area contributed by atoms with Crippen molar-refractivity contribution in [2.75, 3.05) is 18.6 Å². The minimum atomic E-state index is -0.280. The number of likely N-dealkylation sites (N-methyl/N-ethyl adjacent to an activating group) is 1. The van der Waals surface area contributed by atoms with Crippen LogP contribution in [0, 0.1) is 5.92 Å². The van der Waals surface area contributed by atoms with Crippen molar-refractivity contribution < 1.29 is 9.53 Å². The molecule has 0 saturated heterocycles. The van der Waals surface area contributed by atoms with Crippen LogP contribution in [0.15, 0.2) is 79.1 Å². The average molecular weight is 483 g/mol. The molecule has 1 aliphatic heterocycles. The van der Waals surface area contributed by atoms with Gasteiger partial charge in [0.05, 0.1) is 30.5 Å². The largest absolute Gasteiger partial charge is 0.373 e. The number of nitrogens with one attached hydrogen (secondary N) is 1. The highest BCUT2D eigenvalue weighted by atomic mass is 16.5. The van der Waals surface area contributed by atoms with Crippen LogP contribution in [-0.2, 0) is 29.1 Å². The summed E-state index contributed by atoms with van der Waals surface area (Å²) in [6.07, 6.45) is 4.72. The van der Waals surface area contributed by atoms with Crippen molar-refractivity contribution in [1.29, 1.82) is 0 Å². The number of aromatic nitrogens is 2. The van der Waals surface area contributed by atoms with Gasteiger partial charge < -0.3 is 19.5 Å². The molecule has 0 unspecified atom stereocenters. The Morgan fingerprint density at radius 1 is 1.06 bits per heavy atom. The minimum Gasteiger partial charge on any atom is -0.373 e. The maximum Gasteiger partial charge on any atom is 0.243 e. The van der Waals surface area contributed by atoms with Gasteiger partial charge in [-0.05, 0) is 47.7 Å². The lowest BCUT2D eigenvalue weighted by Crippen LogP contribution is -2.52. The number of nitrogens with zero attached hydrogens (tertiary/aromatic N) is 3. The molecule has 6 heteroatoms. The monoisotopic (exact) mass is 482 g/mol. The van der Waals surface area contributed by atoms with Crippen molar-refractivity contribution in [3.05, 3.63) is 95.9 Å². The van der Waals surface area contributed by atoms with Crippen LogP contribution in [0.3, 0.4) is 0 Å². The van der Waals surface area contributed by atoms with E-state index in [2.05, 4.69) is 82.3 Å². The molecule has 0 bridgehead atoms. The molecule has 1 N–H and O–H groups in total. The summed E-state index contributed by atoms with van der Waals surface area (Å²) in [5, 5.41) is 4.52. The molecule has 1 aliphatic rings. The molecule has 186 valence electrons. The smallest absolute Gasteiger partial charge is 0.243 e. The van der Waals surface area contributed by atoms with Crippen molar-refractivity contribution in [2.45, 2.75) is 45.5 Å². The van der Waals surface area contributed by atoms with Gasteiger partial charge in [-0.2, -0.15) is 0 Å². The van der Waals surface area contributed by atoms with Crippen LogP contribution < -0.4 is 10.2 Å². The first-order chi connectivity index (χ1) is 17.5. The molecule has 2 aromatic carbocycles. The first-order valence-electron chi connectivity index (χ1n) is 12.7. The van der Waals surface area contributed by atoms with Gasteiger partial charge in [0.1, 0.15) is 6.04 Å². The molecule has 4 aromatic rings. The van der Waals surface area contributed by atoms with Gasteiger partial charge in [-0.15, -0.1) is 0 Å². The zero-order valence-electron chi connectivity index (χ0n) is 21.2. The Morgan fingerprint density at radius 2 is 1.86 bits per heavy atom. The molecule has 2 aromatic heterocycles. The van der Waals surface area contributed by atoms with Crippen LogP contribution in [0.25, 0.3) is 10.9 Å². The zero-order chi connectivity index (χ0) is 25.1. The summed E-state index contributed by atoms with van der Waals surface area (Å²) < 4.78 is 8.39. The number of benzene rings is 2. The maximum atomic E-state index is 13.5. The summed E-state index contributed by atoms with van der Waals surface area (Å²) in [6.45, 7) is 5.84. The highest BCUT2D eigenvalue weighted by molar-refractivity contribution is 5.98. The SMILES string of the molecule is CC(C)[C@H]1C(=O)N[C@H](COCc2ccccn2)Cc2cn(Cc3ccccc3)c3cccc(c23)N1C. The van der Waals surface area contributed by atoms with E-state index in [9.17, 15) is 4.79 Å². The molecule has 0 saturated carbocycles. The fraction of sp³-hybridized carbons (Fsp3) is 0.333. The summed E-state index contributed by atoms with van der Waals surface area (Å²) in [5.41, 5.74) is 5.64. The quantitative estimate of drug-likeness (QED) is 0.411.